The van der Waals surface area contributed by atoms with Gasteiger partial charge in [-0.05, 0) is 0 Å². The van der Waals surface area contributed by atoms with E-state index in [-0.39, 0.29) is 24.5 Å². The lowest BCUT2D eigenvalue weighted by atomic mass is 10.2. The average Bonchev–Trinajstić information content (AvgIpc) is 2.73. The maximum Gasteiger partial charge on any atom is 0.305 e. The quantitative estimate of drug-likeness (QED) is 0.777. The van der Waals surface area contributed by atoms with E-state index >= 15 is 0 Å². The van der Waals surface area contributed by atoms with Crippen molar-refractivity contribution < 1.29 is 23.1 Å². The molecule has 0 spiro atoms. The molecule has 2 heterocycles. The zero-order valence-corrected chi connectivity index (χ0v) is 11.7. The Morgan fingerprint density at radius 3 is 2.75 bits per heavy atom. The summed E-state index contributed by atoms with van der Waals surface area (Å²) in [5, 5.41) is 8.87. The Morgan fingerprint density at radius 2 is 2.20 bits per heavy atom. The summed E-state index contributed by atoms with van der Waals surface area (Å²) in [4.78, 5) is 28.4. The fraction of sp³-hybridized carbons (Fsp3) is 0.545. The number of aryl methyl sites for hydroxylation is 1. The molecular formula is C11H15N3O5S. The van der Waals surface area contributed by atoms with Gasteiger partial charge in [-0.15, -0.1) is 0 Å². The molecule has 9 heteroatoms. The predicted octanol–water partition coefficient (Wildman–Crippen LogP) is -0.866. The van der Waals surface area contributed by atoms with Gasteiger partial charge in [-0.25, -0.2) is 13.4 Å². The second-order valence-corrected chi connectivity index (χ2v) is 6.98. The number of carboxylic acid groups (broad SMARTS) is 1. The van der Waals surface area contributed by atoms with Crippen molar-refractivity contribution in [1.29, 1.82) is 0 Å². The Morgan fingerprint density at radius 1 is 1.50 bits per heavy atom. The molecule has 2 rings (SSSR count). The third-order valence-corrected chi connectivity index (χ3v) is 4.93. The van der Waals surface area contributed by atoms with Gasteiger partial charge < -0.3 is 14.6 Å². The lowest BCUT2D eigenvalue weighted by Crippen LogP contribution is -2.52. The van der Waals surface area contributed by atoms with Crippen LogP contribution in [0.3, 0.4) is 0 Å². The highest BCUT2D eigenvalue weighted by molar-refractivity contribution is 7.91. The van der Waals surface area contributed by atoms with Crippen molar-refractivity contribution in [3.05, 3.63) is 18.2 Å². The van der Waals surface area contributed by atoms with E-state index in [1.54, 1.807) is 7.05 Å². The van der Waals surface area contributed by atoms with Crippen LogP contribution in [0.1, 0.15) is 16.9 Å². The molecule has 20 heavy (non-hydrogen) atoms. The second-order valence-electron chi connectivity index (χ2n) is 4.75. The Hall–Kier alpha value is -1.90. The van der Waals surface area contributed by atoms with E-state index in [1.165, 1.54) is 22.0 Å². The number of aromatic nitrogens is 2. The van der Waals surface area contributed by atoms with E-state index in [9.17, 15) is 18.0 Å². The molecular weight excluding hydrogens is 286 g/mol. The van der Waals surface area contributed by atoms with Gasteiger partial charge in [0.15, 0.2) is 9.84 Å². The van der Waals surface area contributed by atoms with Gasteiger partial charge in [-0.3, -0.25) is 9.59 Å². The SMILES string of the molecule is Cn1cncc1C(=O)N1CCS(=O)(=O)CC1CC(=O)O. The van der Waals surface area contributed by atoms with E-state index in [0.29, 0.717) is 5.69 Å². The second kappa shape index (κ2) is 5.23. The lowest BCUT2D eigenvalue weighted by Gasteiger charge is -2.34. The number of sulfone groups is 1. The number of aliphatic carboxylic acids is 1. The molecule has 0 bridgehead atoms. The van der Waals surface area contributed by atoms with Gasteiger partial charge in [0.05, 0.1) is 36.5 Å². The van der Waals surface area contributed by atoms with Crippen LogP contribution >= 0.6 is 0 Å². The van der Waals surface area contributed by atoms with Gasteiger partial charge in [-0.2, -0.15) is 0 Å². The maximum atomic E-state index is 12.4. The Balaban J connectivity index is 2.26. The normalized spacial score (nSPS) is 21.6. The summed E-state index contributed by atoms with van der Waals surface area (Å²) in [6, 6.07) is -0.839. The van der Waals surface area contributed by atoms with Gasteiger partial charge in [0.25, 0.3) is 5.91 Å². The highest BCUT2D eigenvalue weighted by atomic mass is 32.2. The molecule has 1 aromatic rings. The summed E-state index contributed by atoms with van der Waals surface area (Å²) in [7, 11) is -1.66. The first-order valence-electron chi connectivity index (χ1n) is 5.99. The number of nitrogens with zero attached hydrogens (tertiary/aromatic N) is 3. The fourth-order valence-electron chi connectivity index (χ4n) is 2.23. The van der Waals surface area contributed by atoms with Crippen molar-refractivity contribution in [1.82, 2.24) is 14.5 Å². The third kappa shape index (κ3) is 2.98. The number of hydrogen-bond donors (Lipinski definition) is 1. The van der Waals surface area contributed by atoms with Crippen molar-refractivity contribution in [2.75, 3.05) is 18.1 Å². The molecule has 0 aliphatic carbocycles. The molecule has 0 saturated carbocycles. The number of amides is 1. The summed E-state index contributed by atoms with van der Waals surface area (Å²) in [6.07, 6.45) is 2.45. The summed E-state index contributed by atoms with van der Waals surface area (Å²) in [5.74, 6) is -1.99. The Kier molecular flexibility index (Phi) is 3.80. The monoisotopic (exact) mass is 301 g/mol. The van der Waals surface area contributed by atoms with Crippen molar-refractivity contribution in [2.45, 2.75) is 12.5 Å². The van der Waals surface area contributed by atoms with Crippen LogP contribution in [0.2, 0.25) is 0 Å². The van der Waals surface area contributed by atoms with E-state index in [0.717, 1.165) is 0 Å². The summed E-state index contributed by atoms with van der Waals surface area (Å²) in [6.45, 7) is 0.00426. The van der Waals surface area contributed by atoms with Gasteiger partial charge >= 0.3 is 5.97 Å². The molecule has 8 nitrogen and oxygen atoms in total. The molecule has 1 fully saturated rings. The molecule has 1 aliphatic rings. The maximum absolute atomic E-state index is 12.4. The van der Waals surface area contributed by atoms with Crippen molar-refractivity contribution in [3.8, 4) is 0 Å². The molecule has 1 aromatic heterocycles. The van der Waals surface area contributed by atoms with Crippen LogP contribution in [0.25, 0.3) is 0 Å². The zero-order chi connectivity index (χ0) is 14.9. The molecule has 1 unspecified atom stereocenters. The van der Waals surface area contributed by atoms with Crippen molar-refractivity contribution >= 4 is 21.7 Å². The summed E-state index contributed by atoms with van der Waals surface area (Å²) in [5.41, 5.74) is 0.305. The first-order valence-corrected chi connectivity index (χ1v) is 7.82. The highest BCUT2D eigenvalue weighted by Gasteiger charge is 2.36. The molecule has 0 radical (unpaired) electrons. The third-order valence-electron chi connectivity index (χ3n) is 3.24. The largest absolute Gasteiger partial charge is 0.481 e. The highest BCUT2D eigenvalue weighted by Crippen LogP contribution is 2.18. The smallest absolute Gasteiger partial charge is 0.305 e. The molecule has 1 saturated heterocycles. The number of imidazole rings is 1. The number of hydrogen-bond acceptors (Lipinski definition) is 5. The number of rotatable bonds is 3. The van der Waals surface area contributed by atoms with E-state index in [4.69, 9.17) is 5.11 Å². The van der Waals surface area contributed by atoms with Crippen molar-refractivity contribution in [2.24, 2.45) is 7.05 Å². The minimum Gasteiger partial charge on any atom is -0.481 e. The van der Waals surface area contributed by atoms with Gasteiger partial charge in [-0.1, -0.05) is 0 Å². The van der Waals surface area contributed by atoms with Crippen LogP contribution in [0.4, 0.5) is 0 Å². The Labute approximate surface area is 115 Å². The van der Waals surface area contributed by atoms with Crippen LogP contribution in [0, 0.1) is 0 Å². The minimum absolute atomic E-state index is 0.00426. The standard InChI is InChI=1S/C11H15N3O5S/c1-13-7-12-5-9(13)11(17)14-2-3-20(18,19)6-8(14)4-10(15)16/h5,7-8H,2-4,6H2,1H3,(H,15,16). The predicted molar refractivity (Wildman–Crippen MR) is 68.9 cm³/mol. The average molecular weight is 301 g/mol. The zero-order valence-electron chi connectivity index (χ0n) is 10.9. The molecule has 0 aromatic carbocycles. The number of carbonyl (C=O) groups excluding carboxylic acids is 1. The Bertz CT molecular complexity index is 636. The molecule has 110 valence electrons. The minimum atomic E-state index is -3.30. The molecule has 1 N–H and O–H groups in total. The van der Waals surface area contributed by atoms with E-state index < -0.39 is 27.8 Å². The van der Waals surface area contributed by atoms with Crippen LogP contribution in [0.15, 0.2) is 12.5 Å². The van der Waals surface area contributed by atoms with Gasteiger partial charge in [0, 0.05) is 13.6 Å². The van der Waals surface area contributed by atoms with Crippen molar-refractivity contribution in [3.63, 3.8) is 0 Å². The number of carboxylic acids is 1. The van der Waals surface area contributed by atoms with Crippen LogP contribution in [-0.4, -0.2) is 63.9 Å². The summed E-state index contributed by atoms with van der Waals surface area (Å²) >= 11 is 0. The topological polar surface area (TPSA) is 110 Å². The first-order chi connectivity index (χ1) is 9.30. The first kappa shape index (κ1) is 14.5. The van der Waals surface area contributed by atoms with Crippen LogP contribution in [0.5, 0.6) is 0 Å². The molecule has 1 amide bonds. The number of carbonyl (C=O) groups is 2. The molecule has 1 atom stereocenters. The van der Waals surface area contributed by atoms with Gasteiger partial charge in [0.1, 0.15) is 5.69 Å². The van der Waals surface area contributed by atoms with Crippen LogP contribution in [-0.2, 0) is 21.7 Å². The van der Waals surface area contributed by atoms with Crippen LogP contribution < -0.4 is 0 Å². The molecule has 1 aliphatic heterocycles. The fourth-order valence-corrected chi connectivity index (χ4v) is 3.76. The van der Waals surface area contributed by atoms with E-state index in [2.05, 4.69) is 4.98 Å². The lowest BCUT2D eigenvalue weighted by molar-refractivity contribution is -0.138. The van der Waals surface area contributed by atoms with Gasteiger partial charge in [0.2, 0.25) is 0 Å². The van der Waals surface area contributed by atoms with E-state index in [1.807, 2.05) is 0 Å². The summed E-state index contributed by atoms with van der Waals surface area (Å²) < 4.78 is 24.7.